The third-order valence-corrected chi connectivity index (χ3v) is 3.68. The topological polar surface area (TPSA) is 3.24 Å². The van der Waals surface area contributed by atoms with Gasteiger partial charge in [-0.1, -0.05) is 0 Å². The molecule has 4 heteroatoms. The molecule has 0 spiro atoms. The van der Waals surface area contributed by atoms with E-state index in [9.17, 15) is 0 Å². The van der Waals surface area contributed by atoms with E-state index < -0.39 is 0 Å². The average molecular weight is 280 g/mol. The van der Waals surface area contributed by atoms with E-state index >= 15 is 0 Å². The van der Waals surface area contributed by atoms with Gasteiger partial charge in [0.1, 0.15) is 0 Å². The molecule has 0 aliphatic carbocycles. The molecule has 0 amide bonds. The first kappa shape index (κ1) is 11.6. The van der Waals surface area contributed by atoms with E-state index in [0.29, 0.717) is 0 Å². The lowest BCUT2D eigenvalue weighted by Crippen LogP contribution is -2.18. The van der Waals surface area contributed by atoms with Crippen LogP contribution in [0.4, 0.5) is 0 Å². The standard InChI is InChI=1S/C9H14BrNS2/c1-11(5-2-6-12)7-8-3-4-9(10)13-8/h3-4,12H,2,5-7H2,1H3. The van der Waals surface area contributed by atoms with Gasteiger partial charge in [-0.3, -0.25) is 0 Å². The summed E-state index contributed by atoms with van der Waals surface area (Å²) < 4.78 is 1.21. The maximum atomic E-state index is 4.19. The fourth-order valence-electron chi connectivity index (χ4n) is 1.12. The molecule has 0 aliphatic heterocycles. The highest BCUT2D eigenvalue weighted by Crippen LogP contribution is 2.22. The molecular weight excluding hydrogens is 266 g/mol. The zero-order chi connectivity index (χ0) is 9.68. The van der Waals surface area contributed by atoms with Gasteiger partial charge >= 0.3 is 0 Å². The predicted octanol–water partition coefficient (Wildman–Crippen LogP) is 3.26. The molecule has 74 valence electrons. The Labute approximate surface area is 97.7 Å². The van der Waals surface area contributed by atoms with Crippen molar-refractivity contribution in [3.8, 4) is 0 Å². The number of nitrogens with zero attached hydrogens (tertiary/aromatic N) is 1. The molecule has 1 nitrogen and oxygen atoms in total. The number of hydrogen-bond acceptors (Lipinski definition) is 3. The first-order valence-electron chi connectivity index (χ1n) is 4.26. The Hall–Kier alpha value is 0.490. The highest BCUT2D eigenvalue weighted by atomic mass is 79.9. The van der Waals surface area contributed by atoms with Crippen LogP contribution in [0, 0.1) is 0 Å². The minimum Gasteiger partial charge on any atom is -0.301 e. The first-order chi connectivity index (χ1) is 6.22. The van der Waals surface area contributed by atoms with Gasteiger partial charge in [0.25, 0.3) is 0 Å². The number of thiol groups is 1. The monoisotopic (exact) mass is 279 g/mol. The summed E-state index contributed by atoms with van der Waals surface area (Å²) in [6.45, 7) is 2.17. The Kier molecular flexibility index (Phi) is 5.39. The van der Waals surface area contributed by atoms with Crippen molar-refractivity contribution < 1.29 is 0 Å². The van der Waals surface area contributed by atoms with Crippen LogP contribution < -0.4 is 0 Å². The highest BCUT2D eigenvalue weighted by molar-refractivity contribution is 9.11. The van der Waals surface area contributed by atoms with Crippen molar-refractivity contribution in [3.05, 3.63) is 20.8 Å². The third-order valence-electron chi connectivity index (χ3n) is 1.75. The van der Waals surface area contributed by atoms with E-state index in [0.717, 1.165) is 25.3 Å². The lowest BCUT2D eigenvalue weighted by atomic mass is 10.4. The van der Waals surface area contributed by atoms with Crippen LogP contribution in [0.3, 0.4) is 0 Å². The van der Waals surface area contributed by atoms with Crippen LogP contribution in [0.2, 0.25) is 0 Å². The van der Waals surface area contributed by atoms with E-state index in [2.05, 4.69) is 52.6 Å². The Morgan fingerprint density at radius 1 is 1.54 bits per heavy atom. The fraction of sp³-hybridized carbons (Fsp3) is 0.556. The summed E-state index contributed by atoms with van der Waals surface area (Å²) >= 11 is 9.46. The van der Waals surface area contributed by atoms with Gasteiger partial charge in [-0.05, 0) is 53.8 Å². The molecule has 13 heavy (non-hydrogen) atoms. The molecule has 0 saturated heterocycles. The first-order valence-corrected chi connectivity index (χ1v) is 6.50. The predicted molar refractivity (Wildman–Crippen MR) is 66.8 cm³/mol. The van der Waals surface area contributed by atoms with Gasteiger partial charge in [-0.15, -0.1) is 11.3 Å². The van der Waals surface area contributed by atoms with Gasteiger partial charge in [-0.2, -0.15) is 12.6 Å². The van der Waals surface area contributed by atoms with E-state index in [-0.39, 0.29) is 0 Å². The molecule has 0 unspecified atom stereocenters. The quantitative estimate of drug-likeness (QED) is 0.810. The minimum atomic E-state index is 0.971. The molecule has 0 aliphatic rings. The van der Waals surface area contributed by atoms with Crippen LogP contribution in [0.15, 0.2) is 15.9 Å². The molecule has 0 radical (unpaired) electrons. The summed E-state index contributed by atoms with van der Waals surface area (Å²) in [6, 6.07) is 4.28. The van der Waals surface area contributed by atoms with Crippen LogP contribution in [0.1, 0.15) is 11.3 Å². The second kappa shape index (κ2) is 6.06. The van der Waals surface area contributed by atoms with Crippen molar-refractivity contribution in [1.82, 2.24) is 4.90 Å². The van der Waals surface area contributed by atoms with Gasteiger partial charge in [0.2, 0.25) is 0 Å². The summed E-state index contributed by atoms with van der Waals surface area (Å²) in [6.07, 6.45) is 1.16. The van der Waals surface area contributed by atoms with Crippen LogP contribution >= 0.6 is 39.9 Å². The Morgan fingerprint density at radius 2 is 2.31 bits per heavy atom. The molecule has 0 aromatic carbocycles. The Bertz CT molecular complexity index is 250. The normalized spacial score (nSPS) is 11.1. The smallest absolute Gasteiger partial charge is 0.0701 e. The maximum Gasteiger partial charge on any atom is 0.0701 e. The zero-order valence-corrected chi connectivity index (χ0v) is 11.0. The van der Waals surface area contributed by atoms with Crippen LogP contribution in [-0.2, 0) is 6.54 Å². The summed E-state index contributed by atoms with van der Waals surface area (Å²) in [4.78, 5) is 3.74. The lowest BCUT2D eigenvalue weighted by Gasteiger charge is -2.14. The number of halogens is 1. The number of rotatable bonds is 5. The van der Waals surface area contributed by atoms with Gasteiger partial charge in [0.05, 0.1) is 3.79 Å². The van der Waals surface area contributed by atoms with Gasteiger partial charge in [0.15, 0.2) is 0 Å². The Morgan fingerprint density at radius 3 is 2.85 bits per heavy atom. The molecular formula is C9H14BrNS2. The SMILES string of the molecule is CN(CCCS)Cc1ccc(Br)s1. The van der Waals surface area contributed by atoms with Crippen LogP contribution in [0.25, 0.3) is 0 Å². The number of thiophene rings is 1. The van der Waals surface area contributed by atoms with Gasteiger partial charge in [0, 0.05) is 11.4 Å². The lowest BCUT2D eigenvalue weighted by molar-refractivity contribution is 0.331. The zero-order valence-electron chi connectivity index (χ0n) is 7.66. The van der Waals surface area contributed by atoms with Crippen molar-refractivity contribution in [3.63, 3.8) is 0 Å². The minimum absolute atomic E-state index is 0.971. The Balaban J connectivity index is 2.31. The second-order valence-corrected chi connectivity index (χ2v) is 6.02. The van der Waals surface area contributed by atoms with E-state index in [4.69, 9.17) is 0 Å². The van der Waals surface area contributed by atoms with Crippen molar-refractivity contribution in [2.24, 2.45) is 0 Å². The maximum absolute atomic E-state index is 4.19. The van der Waals surface area contributed by atoms with E-state index in [1.807, 2.05) is 0 Å². The summed E-state index contributed by atoms with van der Waals surface area (Å²) in [7, 11) is 2.15. The average Bonchev–Trinajstić information content (AvgIpc) is 2.48. The van der Waals surface area contributed by atoms with Crippen molar-refractivity contribution >= 4 is 39.9 Å². The second-order valence-electron chi connectivity index (χ2n) is 3.02. The molecule has 1 aromatic heterocycles. The highest BCUT2D eigenvalue weighted by Gasteiger charge is 2.01. The fourth-order valence-corrected chi connectivity index (χ4v) is 2.83. The van der Waals surface area contributed by atoms with E-state index in [1.165, 1.54) is 8.66 Å². The molecule has 1 rings (SSSR count). The van der Waals surface area contributed by atoms with Crippen molar-refractivity contribution in [1.29, 1.82) is 0 Å². The number of hydrogen-bond donors (Lipinski definition) is 1. The van der Waals surface area contributed by atoms with Crippen LogP contribution in [-0.4, -0.2) is 24.2 Å². The van der Waals surface area contributed by atoms with E-state index in [1.54, 1.807) is 11.3 Å². The van der Waals surface area contributed by atoms with Crippen LogP contribution in [0.5, 0.6) is 0 Å². The van der Waals surface area contributed by atoms with Gasteiger partial charge in [-0.25, -0.2) is 0 Å². The van der Waals surface area contributed by atoms with Gasteiger partial charge < -0.3 is 4.90 Å². The molecule has 1 heterocycles. The molecule has 0 fully saturated rings. The van der Waals surface area contributed by atoms with Crippen molar-refractivity contribution in [2.45, 2.75) is 13.0 Å². The molecule has 0 N–H and O–H groups in total. The molecule has 0 saturated carbocycles. The summed E-state index contributed by atoms with van der Waals surface area (Å²) in [5.41, 5.74) is 0. The molecule has 1 aromatic rings. The van der Waals surface area contributed by atoms with Crippen molar-refractivity contribution in [2.75, 3.05) is 19.3 Å². The summed E-state index contributed by atoms with van der Waals surface area (Å²) in [5, 5.41) is 0. The molecule has 0 atom stereocenters. The molecule has 0 bridgehead atoms. The largest absolute Gasteiger partial charge is 0.301 e. The third kappa shape index (κ3) is 4.49. The summed E-state index contributed by atoms with van der Waals surface area (Å²) in [5.74, 6) is 0.971.